The van der Waals surface area contributed by atoms with Crippen LogP contribution in [0.3, 0.4) is 0 Å². The first-order valence-electron chi connectivity index (χ1n) is 9.13. The molecule has 138 valence electrons. The maximum Gasteiger partial charge on any atom is 0.152 e. The highest BCUT2D eigenvalue weighted by molar-refractivity contribution is 5.53. The second-order valence-electron chi connectivity index (χ2n) is 6.91. The van der Waals surface area contributed by atoms with E-state index < -0.39 is 0 Å². The first-order valence-corrected chi connectivity index (χ1v) is 9.13. The zero-order valence-electron chi connectivity index (χ0n) is 15.6. The van der Waals surface area contributed by atoms with E-state index in [9.17, 15) is 5.26 Å². The average Bonchev–Trinajstić information content (AvgIpc) is 3.28. The topological polar surface area (TPSA) is 88.5 Å². The zero-order valence-corrected chi connectivity index (χ0v) is 15.6. The number of nitriles is 1. The summed E-state index contributed by atoms with van der Waals surface area (Å²) in [5, 5.41) is 18.3. The molecule has 3 aromatic heterocycles. The molecule has 0 radical (unpaired) electrons. The summed E-state index contributed by atoms with van der Waals surface area (Å²) >= 11 is 0. The van der Waals surface area contributed by atoms with E-state index in [0.717, 1.165) is 49.2 Å². The van der Waals surface area contributed by atoms with Crippen molar-refractivity contribution >= 4 is 5.82 Å². The lowest BCUT2D eigenvalue weighted by molar-refractivity contribution is 0.475. The number of pyridine rings is 1. The van der Waals surface area contributed by atoms with Crippen LogP contribution in [0.1, 0.15) is 41.8 Å². The van der Waals surface area contributed by atoms with Gasteiger partial charge in [0.2, 0.25) is 0 Å². The number of aryl methyl sites for hydroxylation is 1. The van der Waals surface area contributed by atoms with Crippen LogP contribution in [0.25, 0.3) is 0 Å². The van der Waals surface area contributed by atoms with E-state index in [1.165, 1.54) is 0 Å². The first kappa shape index (κ1) is 17.2. The monoisotopic (exact) mass is 362 g/mol. The van der Waals surface area contributed by atoms with E-state index in [0.29, 0.717) is 12.1 Å². The van der Waals surface area contributed by atoms with Crippen molar-refractivity contribution < 1.29 is 0 Å². The Kier molecular flexibility index (Phi) is 4.59. The van der Waals surface area contributed by atoms with Crippen molar-refractivity contribution in [3.63, 3.8) is 0 Å². The Balaban J connectivity index is 1.55. The van der Waals surface area contributed by atoms with Gasteiger partial charge >= 0.3 is 0 Å². The minimum Gasteiger partial charge on any atom is -0.355 e. The molecule has 4 rings (SSSR count). The van der Waals surface area contributed by atoms with E-state index in [-0.39, 0.29) is 5.92 Å². The van der Waals surface area contributed by atoms with Crippen molar-refractivity contribution in [2.45, 2.75) is 32.2 Å². The van der Waals surface area contributed by atoms with Gasteiger partial charge in [-0.2, -0.15) is 5.26 Å². The summed E-state index contributed by atoms with van der Waals surface area (Å²) in [6.45, 7) is 4.34. The number of hydrogen-bond donors (Lipinski definition) is 0. The minimum absolute atomic E-state index is 0.266. The Labute approximate surface area is 158 Å². The van der Waals surface area contributed by atoms with Crippen LogP contribution < -0.4 is 4.90 Å². The number of hydrogen-bond acceptors (Lipinski definition) is 6. The predicted molar refractivity (Wildman–Crippen MR) is 100 cm³/mol. The van der Waals surface area contributed by atoms with Gasteiger partial charge in [0.05, 0.1) is 12.1 Å². The van der Waals surface area contributed by atoms with Crippen LogP contribution >= 0.6 is 0 Å². The molecule has 1 fully saturated rings. The van der Waals surface area contributed by atoms with E-state index in [2.05, 4.69) is 40.3 Å². The van der Waals surface area contributed by atoms with E-state index in [4.69, 9.17) is 0 Å². The number of imidazole rings is 1. The predicted octanol–water partition coefficient (Wildman–Crippen LogP) is 2.02. The highest BCUT2D eigenvalue weighted by Crippen LogP contribution is 2.29. The largest absolute Gasteiger partial charge is 0.355 e. The van der Waals surface area contributed by atoms with Gasteiger partial charge in [-0.1, -0.05) is 0 Å². The van der Waals surface area contributed by atoms with Crippen molar-refractivity contribution in [2.24, 2.45) is 7.05 Å². The average molecular weight is 362 g/mol. The fourth-order valence-electron chi connectivity index (χ4n) is 3.71. The summed E-state index contributed by atoms with van der Waals surface area (Å²) in [5.41, 5.74) is 0.618. The standard InChI is InChI=1S/C19H22N8/c1-14-21-8-10-26(14)13-17-23-24-19(25(17)2)16-6-4-9-27(12-16)18-15(11-20)5-3-7-22-18/h3,5,7-8,10,16H,4,6,9,12-13H2,1-2H3/t16-/m0/s1. The molecule has 0 spiro atoms. The molecule has 8 nitrogen and oxygen atoms in total. The number of piperidine rings is 1. The first-order chi connectivity index (χ1) is 13.2. The van der Waals surface area contributed by atoms with Crippen LogP contribution in [0.5, 0.6) is 0 Å². The van der Waals surface area contributed by atoms with Crippen molar-refractivity contribution in [1.82, 2.24) is 29.3 Å². The van der Waals surface area contributed by atoms with E-state index in [1.807, 2.05) is 26.2 Å². The fourth-order valence-corrected chi connectivity index (χ4v) is 3.71. The highest BCUT2D eigenvalue weighted by atomic mass is 15.3. The Bertz CT molecular complexity index is 980. The molecule has 0 aromatic carbocycles. The van der Waals surface area contributed by atoms with Crippen LogP contribution in [0.4, 0.5) is 5.82 Å². The molecular weight excluding hydrogens is 340 g/mol. The van der Waals surface area contributed by atoms with Gasteiger partial charge < -0.3 is 14.0 Å². The maximum atomic E-state index is 9.37. The lowest BCUT2D eigenvalue weighted by atomic mass is 9.97. The second kappa shape index (κ2) is 7.19. The fraction of sp³-hybridized carbons (Fsp3) is 0.421. The van der Waals surface area contributed by atoms with Gasteiger partial charge in [-0.3, -0.25) is 0 Å². The number of aromatic nitrogens is 6. The Morgan fingerprint density at radius 3 is 2.93 bits per heavy atom. The lowest BCUT2D eigenvalue weighted by Crippen LogP contribution is -2.36. The second-order valence-corrected chi connectivity index (χ2v) is 6.91. The Morgan fingerprint density at radius 2 is 2.15 bits per heavy atom. The molecule has 0 unspecified atom stereocenters. The molecule has 4 heterocycles. The molecule has 1 aliphatic heterocycles. The summed E-state index contributed by atoms with van der Waals surface area (Å²) in [4.78, 5) is 10.9. The van der Waals surface area contributed by atoms with Gasteiger partial charge in [0, 0.05) is 44.6 Å². The van der Waals surface area contributed by atoms with Gasteiger partial charge in [-0.25, -0.2) is 9.97 Å². The molecule has 1 atom stereocenters. The molecule has 0 N–H and O–H groups in total. The molecule has 3 aromatic rings. The maximum absolute atomic E-state index is 9.37. The van der Waals surface area contributed by atoms with E-state index >= 15 is 0 Å². The third kappa shape index (κ3) is 3.28. The molecule has 27 heavy (non-hydrogen) atoms. The highest BCUT2D eigenvalue weighted by Gasteiger charge is 2.27. The van der Waals surface area contributed by atoms with Gasteiger partial charge in [-0.05, 0) is 31.9 Å². The van der Waals surface area contributed by atoms with Crippen molar-refractivity contribution in [3.8, 4) is 6.07 Å². The molecule has 0 bridgehead atoms. The molecule has 0 saturated carbocycles. The Morgan fingerprint density at radius 1 is 1.26 bits per heavy atom. The molecule has 0 aliphatic carbocycles. The molecule has 0 amide bonds. The van der Waals surface area contributed by atoms with Crippen molar-refractivity contribution in [2.75, 3.05) is 18.0 Å². The summed E-state index contributed by atoms with van der Waals surface area (Å²) in [7, 11) is 2.03. The van der Waals surface area contributed by atoms with Gasteiger partial charge in [-0.15, -0.1) is 10.2 Å². The van der Waals surface area contributed by atoms with Crippen LogP contribution in [-0.4, -0.2) is 42.4 Å². The molecule has 1 saturated heterocycles. The number of rotatable bonds is 4. The summed E-state index contributed by atoms with van der Waals surface area (Å²) < 4.78 is 4.16. The van der Waals surface area contributed by atoms with Crippen molar-refractivity contribution in [1.29, 1.82) is 5.26 Å². The third-order valence-electron chi connectivity index (χ3n) is 5.23. The van der Waals surface area contributed by atoms with Crippen LogP contribution in [0.2, 0.25) is 0 Å². The third-order valence-corrected chi connectivity index (χ3v) is 5.23. The van der Waals surface area contributed by atoms with Gasteiger partial charge in [0.1, 0.15) is 23.5 Å². The molecular formula is C19H22N8. The van der Waals surface area contributed by atoms with Gasteiger partial charge in [0.25, 0.3) is 0 Å². The summed E-state index contributed by atoms with van der Waals surface area (Å²) in [6, 6.07) is 5.87. The Hall–Kier alpha value is -3.21. The number of anilines is 1. The smallest absolute Gasteiger partial charge is 0.152 e. The zero-order chi connectivity index (χ0) is 18.8. The van der Waals surface area contributed by atoms with E-state index in [1.54, 1.807) is 18.5 Å². The van der Waals surface area contributed by atoms with Crippen LogP contribution in [-0.2, 0) is 13.6 Å². The quantitative estimate of drug-likeness (QED) is 0.705. The van der Waals surface area contributed by atoms with Crippen LogP contribution in [0, 0.1) is 18.3 Å². The molecule has 1 aliphatic rings. The normalized spacial score (nSPS) is 17.1. The molecule has 8 heteroatoms. The SMILES string of the molecule is Cc1nccn1Cc1nnc([C@H]2CCCN(c3ncccc3C#N)C2)n1C. The van der Waals surface area contributed by atoms with Crippen molar-refractivity contribution in [3.05, 3.63) is 53.8 Å². The van der Waals surface area contributed by atoms with Gasteiger partial charge in [0.15, 0.2) is 5.82 Å². The summed E-state index contributed by atoms with van der Waals surface area (Å²) in [6.07, 6.45) is 7.59. The lowest BCUT2D eigenvalue weighted by Gasteiger charge is -2.33. The van der Waals surface area contributed by atoms with Crippen LogP contribution in [0.15, 0.2) is 30.7 Å². The number of nitrogens with zero attached hydrogens (tertiary/aromatic N) is 8. The summed E-state index contributed by atoms with van der Waals surface area (Å²) in [5.74, 6) is 3.90. The minimum atomic E-state index is 0.266.